The molecule has 1 saturated heterocycles. The first kappa shape index (κ1) is 15.3. The Morgan fingerprint density at radius 2 is 2.05 bits per heavy atom. The van der Waals surface area contributed by atoms with Crippen molar-refractivity contribution in [2.24, 2.45) is 0 Å². The lowest BCUT2D eigenvalue weighted by Gasteiger charge is -2.24. The summed E-state index contributed by atoms with van der Waals surface area (Å²) in [7, 11) is 0. The minimum Gasteiger partial charge on any atom is -0.322 e. The molecule has 1 amide bonds. The summed E-state index contributed by atoms with van der Waals surface area (Å²) in [4.78, 5) is 14.3. The van der Waals surface area contributed by atoms with Crippen molar-refractivity contribution < 1.29 is 9.18 Å². The fourth-order valence-electron chi connectivity index (χ4n) is 2.51. The number of hydrogen-bond acceptors (Lipinski definition) is 3. The van der Waals surface area contributed by atoms with Crippen LogP contribution in [0.3, 0.4) is 0 Å². The molecular weight excluding hydrogens is 275 g/mol. The molecule has 1 aromatic carbocycles. The lowest BCUT2D eigenvalue weighted by molar-refractivity contribution is -0.130. The summed E-state index contributed by atoms with van der Waals surface area (Å²) in [5.74, 6) is 0.943. The molecule has 0 spiro atoms. The Kier molecular flexibility index (Phi) is 5.43. The van der Waals surface area contributed by atoms with Gasteiger partial charge in [0.1, 0.15) is 12.0 Å². The summed E-state index contributed by atoms with van der Waals surface area (Å²) in [6, 6.07) is 6.26. The molecule has 5 heteroatoms. The van der Waals surface area contributed by atoms with Gasteiger partial charge in [0.15, 0.2) is 0 Å². The quantitative estimate of drug-likeness (QED) is 0.819. The van der Waals surface area contributed by atoms with Crippen LogP contribution in [0, 0.1) is 5.82 Å². The Morgan fingerprint density at radius 3 is 2.65 bits per heavy atom. The van der Waals surface area contributed by atoms with Gasteiger partial charge in [-0.1, -0.05) is 19.1 Å². The van der Waals surface area contributed by atoms with Crippen LogP contribution in [0.25, 0.3) is 0 Å². The van der Waals surface area contributed by atoms with Crippen molar-refractivity contribution in [3.63, 3.8) is 0 Å². The fraction of sp³-hybridized carbons (Fsp3) is 0.533. The first-order valence-electron chi connectivity index (χ1n) is 6.98. The van der Waals surface area contributed by atoms with Crippen LogP contribution in [0.2, 0.25) is 0 Å². The molecule has 1 aliphatic heterocycles. The van der Waals surface area contributed by atoms with Crippen LogP contribution in [0.1, 0.15) is 31.5 Å². The molecule has 0 aromatic heterocycles. The molecule has 0 radical (unpaired) electrons. The van der Waals surface area contributed by atoms with Gasteiger partial charge in [0.05, 0.1) is 6.04 Å². The number of carbonyl (C=O) groups is 1. The van der Waals surface area contributed by atoms with Gasteiger partial charge in [-0.05, 0) is 42.5 Å². The molecule has 2 rings (SSSR count). The molecule has 1 aliphatic rings. The van der Waals surface area contributed by atoms with Gasteiger partial charge in [-0.2, -0.15) is 11.8 Å². The van der Waals surface area contributed by atoms with Gasteiger partial charge in [0.2, 0.25) is 5.91 Å². The van der Waals surface area contributed by atoms with Crippen LogP contribution in [-0.4, -0.2) is 35.4 Å². The van der Waals surface area contributed by atoms with Gasteiger partial charge < -0.3 is 4.90 Å². The number of halogens is 1. The van der Waals surface area contributed by atoms with E-state index in [1.807, 2.05) is 11.8 Å². The number of hydrogen-bond donors (Lipinski definition) is 1. The second-order valence-electron chi connectivity index (χ2n) is 4.96. The summed E-state index contributed by atoms with van der Waals surface area (Å²) < 4.78 is 13.0. The third kappa shape index (κ3) is 3.33. The maximum atomic E-state index is 13.0. The molecule has 1 fully saturated rings. The molecule has 0 bridgehead atoms. The van der Waals surface area contributed by atoms with Crippen LogP contribution >= 0.6 is 11.8 Å². The SMILES string of the molecule is CCC1NC(c2ccc(F)cc2)N(CCCSC)C1=O. The van der Waals surface area contributed by atoms with E-state index < -0.39 is 0 Å². The number of benzene rings is 1. The molecule has 3 nitrogen and oxygen atoms in total. The van der Waals surface area contributed by atoms with Crippen molar-refractivity contribution in [2.45, 2.75) is 32.0 Å². The zero-order chi connectivity index (χ0) is 14.5. The molecule has 0 saturated carbocycles. The van der Waals surface area contributed by atoms with E-state index in [-0.39, 0.29) is 23.9 Å². The molecular formula is C15H21FN2OS. The van der Waals surface area contributed by atoms with Crippen molar-refractivity contribution in [1.82, 2.24) is 10.2 Å². The number of nitrogens with zero attached hydrogens (tertiary/aromatic N) is 1. The highest BCUT2D eigenvalue weighted by atomic mass is 32.2. The predicted molar refractivity (Wildman–Crippen MR) is 81.1 cm³/mol. The zero-order valence-corrected chi connectivity index (χ0v) is 12.8. The predicted octanol–water partition coefficient (Wildman–Crippen LogP) is 2.79. The monoisotopic (exact) mass is 296 g/mol. The highest BCUT2D eigenvalue weighted by molar-refractivity contribution is 7.98. The Bertz CT molecular complexity index is 452. The second-order valence-corrected chi connectivity index (χ2v) is 5.95. The smallest absolute Gasteiger partial charge is 0.241 e. The number of rotatable bonds is 6. The van der Waals surface area contributed by atoms with Gasteiger partial charge >= 0.3 is 0 Å². The summed E-state index contributed by atoms with van der Waals surface area (Å²) in [5, 5.41) is 3.35. The van der Waals surface area contributed by atoms with Crippen LogP contribution in [0.15, 0.2) is 24.3 Å². The Hall–Kier alpha value is -1.07. The van der Waals surface area contributed by atoms with Gasteiger partial charge in [-0.15, -0.1) is 0 Å². The molecule has 2 unspecified atom stereocenters. The summed E-state index contributed by atoms with van der Waals surface area (Å²) in [6.07, 6.45) is 3.68. The highest BCUT2D eigenvalue weighted by Crippen LogP contribution is 2.27. The number of nitrogens with one attached hydrogen (secondary N) is 1. The largest absolute Gasteiger partial charge is 0.322 e. The van der Waals surface area contributed by atoms with E-state index >= 15 is 0 Å². The first-order chi connectivity index (χ1) is 9.67. The maximum Gasteiger partial charge on any atom is 0.241 e. The number of thioether (sulfide) groups is 1. The Balaban J connectivity index is 2.15. The first-order valence-corrected chi connectivity index (χ1v) is 8.37. The van der Waals surface area contributed by atoms with Gasteiger partial charge in [0.25, 0.3) is 0 Å². The Labute approximate surface area is 123 Å². The fourth-order valence-corrected chi connectivity index (χ4v) is 2.93. The van der Waals surface area contributed by atoms with Gasteiger partial charge in [-0.3, -0.25) is 10.1 Å². The minimum atomic E-state index is -0.251. The molecule has 2 atom stereocenters. The molecule has 1 heterocycles. The van der Waals surface area contributed by atoms with Gasteiger partial charge in [0, 0.05) is 6.54 Å². The normalized spacial score (nSPS) is 22.6. The third-order valence-corrected chi connectivity index (χ3v) is 4.29. The highest BCUT2D eigenvalue weighted by Gasteiger charge is 2.37. The van der Waals surface area contributed by atoms with Crippen LogP contribution < -0.4 is 5.32 Å². The molecule has 1 aromatic rings. The molecule has 0 aliphatic carbocycles. The average Bonchev–Trinajstić information content (AvgIpc) is 2.77. The lowest BCUT2D eigenvalue weighted by atomic mass is 10.1. The molecule has 20 heavy (non-hydrogen) atoms. The van der Waals surface area contributed by atoms with Crippen LogP contribution in [0.5, 0.6) is 0 Å². The van der Waals surface area contributed by atoms with Crippen molar-refractivity contribution in [3.8, 4) is 0 Å². The van der Waals surface area contributed by atoms with E-state index in [1.165, 1.54) is 12.1 Å². The third-order valence-electron chi connectivity index (χ3n) is 3.59. The summed E-state index contributed by atoms with van der Waals surface area (Å²) >= 11 is 1.78. The van der Waals surface area contributed by atoms with Crippen molar-refractivity contribution in [1.29, 1.82) is 0 Å². The second kappa shape index (κ2) is 7.09. The lowest BCUT2D eigenvalue weighted by Crippen LogP contribution is -2.32. The topological polar surface area (TPSA) is 32.3 Å². The molecule has 110 valence electrons. The van der Waals surface area contributed by atoms with Crippen LogP contribution in [-0.2, 0) is 4.79 Å². The minimum absolute atomic E-state index is 0.126. The summed E-state index contributed by atoms with van der Waals surface area (Å²) in [6.45, 7) is 2.74. The number of carbonyl (C=O) groups excluding carboxylic acids is 1. The van der Waals surface area contributed by atoms with Crippen molar-refractivity contribution in [3.05, 3.63) is 35.6 Å². The van der Waals surface area contributed by atoms with Crippen molar-refractivity contribution in [2.75, 3.05) is 18.6 Å². The van der Waals surface area contributed by atoms with Crippen LogP contribution in [0.4, 0.5) is 4.39 Å². The van der Waals surface area contributed by atoms with E-state index in [0.29, 0.717) is 0 Å². The molecule has 1 N–H and O–H groups in total. The van der Waals surface area contributed by atoms with E-state index in [4.69, 9.17) is 0 Å². The van der Waals surface area contributed by atoms with E-state index in [9.17, 15) is 9.18 Å². The number of amides is 1. The van der Waals surface area contributed by atoms with E-state index in [1.54, 1.807) is 23.9 Å². The Morgan fingerprint density at radius 1 is 1.35 bits per heavy atom. The maximum absolute atomic E-state index is 13.0. The van der Waals surface area contributed by atoms with Crippen molar-refractivity contribution >= 4 is 17.7 Å². The average molecular weight is 296 g/mol. The summed E-state index contributed by atoms with van der Waals surface area (Å²) in [5.41, 5.74) is 0.944. The van der Waals surface area contributed by atoms with E-state index in [2.05, 4.69) is 11.6 Å². The van der Waals surface area contributed by atoms with Gasteiger partial charge in [-0.25, -0.2) is 4.39 Å². The zero-order valence-electron chi connectivity index (χ0n) is 11.9. The van der Waals surface area contributed by atoms with E-state index in [0.717, 1.165) is 30.7 Å². The standard InChI is InChI=1S/C15H21FN2OS/c1-3-13-15(19)18(9-4-10-20-2)14(17-13)11-5-7-12(16)8-6-11/h5-8,13-14,17H,3-4,9-10H2,1-2H3.